The third kappa shape index (κ3) is 9.53. The van der Waals surface area contributed by atoms with Crippen molar-refractivity contribution in [2.45, 2.75) is 13.8 Å². The standard InChI is InChI=1S/C6H14N2.C5H11NO.C2H6/c1-7-3-5-8(2)6-4-7;1-6-2-4-7-5-3-6;1-2/h3-6H2,1-2H3;2-5H2,1H3;1-2H3. The van der Waals surface area contributed by atoms with Crippen molar-refractivity contribution in [3.8, 4) is 0 Å². The lowest BCUT2D eigenvalue weighted by Gasteiger charge is -2.28. The van der Waals surface area contributed by atoms with Gasteiger partial charge in [0.25, 0.3) is 0 Å². The van der Waals surface area contributed by atoms with Gasteiger partial charge in [0.1, 0.15) is 0 Å². The van der Waals surface area contributed by atoms with Crippen molar-refractivity contribution in [1.29, 1.82) is 0 Å². The summed E-state index contributed by atoms with van der Waals surface area (Å²) in [5.41, 5.74) is 0. The van der Waals surface area contributed by atoms with Crippen molar-refractivity contribution in [1.82, 2.24) is 14.7 Å². The molecule has 0 aliphatic carbocycles. The highest BCUT2D eigenvalue weighted by Gasteiger charge is 2.07. The van der Waals surface area contributed by atoms with Crippen LogP contribution >= 0.6 is 0 Å². The quantitative estimate of drug-likeness (QED) is 0.629. The van der Waals surface area contributed by atoms with Crippen LogP contribution in [-0.4, -0.2) is 88.3 Å². The van der Waals surface area contributed by atoms with E-state index in [4.69, 9.17) is 4.74 Å². The van der Waals surface area contributed by atoms with Crippen LogP contribution in [0.5, 0.6) is 0 Å². The van der Waals surface area contributed by atoms with Crippen LogP contribution in [0.25, 0.3) is 0 Å². The second-order valence-electron chi connectivity index (χ2n) is 4.52. The fourth-order valence-electron chi connectivity index (χ4n) is 1.56. The normalized spacial score (nSPS) is 23.1. The van der Waals surface area contributed by atoms with E-state index in [1.165, 1.54) is 26.2 Å². The van der Waals surface area contributed by atoms with Gasteiger partial charge in [0.05, 0.1) is 13.2 Å². The van der Waals surface area contributed by atoms with E-state index in [0.29, 0.717) is 0 Å². The van der Waals surface area contributed by atoms with E-state index in [-0.39, 0.29) is 0 Å². The van der Waals surface area contributed by atoms with Gasteiger partial charge < -0.3 is 19.4 Å². The molecule has 0 aromatic heterocycles. The molecule has 0 aromatic rings. The summed E-state index contributed by atoms with van der Waals surface area (Å²) in [4.78, 5) is 6.99. The van der Waals surface area contributed by atoms with Gasteiger partial charge >= 0.3 is 0 Å². The van der Waals surface area contributed by atoms with Gasteiger partial charge in [0.2, 0.25) is 0 Å². The Morgan fingerprint density at radius 1 is 0.588 bits per heavy atom. The summed E-state index contributed by atoms with van der Waals surface area (Å²) in [6, 6.07) is 0. The second-order valence-corrected chi connectivity index (χ2v) is 4.52. The van der Waals surface area contributed by atoms with Crippen LogP contribution in [0, 0.1) is 0 Å². The Hall–Kier alpha value is -0.160. The topological polar surface area (TPSA) is 19.0 Å². The van der Waals surface area contributed by atoms with Gasteiger partial charge in [0, 0.05) is 39.3 Å². The summed E-state index contributed by atoms with van der Waals surface area (Å²) in [5.74, 6) is 0. The monoisotopic (exact) mass is 245 g/mol. The Morgan fingerprint density at radius 3 is 1.12 bits per heavy atom. The minimum Gasteiger partial charge on any atom is -0.379 e. The number of hydrogen-bond acceptors (Lipinski definition) is 4. The molecule has 2 aliphatic rings. The lowest BCUT2D eigenvalue weighted by Crippen LogP contribution is -2.42. The zero-order valence-corrected chi connectivity index (χ0v) is 12.4. The van der Waals surface area contributed by atoms with Gasteiger partial charge in [-0.05, 0) is 21.1 Å². The fourth-order valence-corrected chi connectivity index (χ4v) is 1.56. The summed E-state index contributed by atoms with van der Waals surface area (Å²) in [6.45, 7) is 13.0. The Bertz CT molecular complexity index is 143. The molecule has 2 heterocycles. The van der Waals surface area contributed by atoms with Crippen molar-refractivity contribution >= 4 is 0 Å². The van der Waals surface area contributed by atoms with E-state index in [1.54, 1.807) is 0 Å². The smallest absolute Gasteiger partial charge is 0.0594 e. The van der Waals surface area contributed by atoms with Gasteiger partial charge in [-0.1, -0.05) is 13.8 Å². The van der Waals surface area contributed by atoms with Crippen molar-refractivity contribution in [3.63, 3.8) is 0 Å². The van der Waals surface area contributed by atoms with E-state index in [1.807, 2.05) is 13.8 Å². The van der Waals surface area contributed by atoms with Gasteiger partial charge in [-0.3, -0.25) is 0 Å². The van der Waals surface area contributed by atoms with Gasteiger partial charge in [0.15, 0.2) is 0 Å². The van der Waals surface area contributed by atoms with Crippen LogP contribution in [0.15, 0.2) is 0 Å². The Kier molecular flexibility index (Phi) is 10.9. The van der Waals surface area contributed by atoms with Crippen LogP contribution in [-0.2, 0) is 4.74 Å². The Balaban J connectivity index is 0.000000265. The molecule has 2 saturated heterocycles. The molecule has 17 heavy (non-hydrogen) atoms. The first-order valence-electron chi connectivity index (χ1n) is 6.82. The first kappa shape index (κ1) is 16.8. The maximum Gasteiger partial charge on any atom is 0.0594 e. The molecule has 4 heteroatoms. The van der Waals surface area contributed by atoms with Crippen LogP contribution in [0.2, 0.25) is 0 Å². The lowest BCUT2D eigenvalue weighted by molar-refractivity contribution is 0.0503. The van der Waals surface area contributed by atoms with Crippen molar-refractivity contribution in [2.24, 2.45) is 0 Å². The van der Waals surface area contributed by atoms with Crippen molar-refractivity contribution in [3.05, 3.63) is 0 Å². The third-order valence-corrected chi connectivity index (χ3v) is 2.96. The van der Waals surface area contributed by atoms with Crippen molar-refractivity contribution < 1.29 is 4.74 Å². The minimum atomic E-state index is 0.913. The number of piperazine rings is 1. The minimum absolute atomic E-state index is 0.913. The van der Waals surface area contributed by atoms with E-state index < -0.39 is 0 Å². The van der Waals surface area contributed by atoms with Crippen LogP contribution < -0.4 is 0 Å². The molecule has 0 N–H and O–H groups in total. The molecule has 0 spiro atoms. The molecule has 0 amide bonds. The number of nitrogens with zero attached hydrogens (tertiary/aromatic N) is 3. The molecule has 2 fully saturated rings. The van der Waals surface area contributed by atoms with Crippen molar-refractivity contribution in [2.75, 3.05) is 73.6 Å². The van der Waals surface area contributed by atoms with Crippen LogP contribution in [0.4, 0.5) is 0 Å². The molecule has 0 atom stereocenters. The summed E-state index contributed by atoms with van der Waals surface area (Å²) < 4.78 is 5.10. The fraction of sp³-hybridized carbons (Fsp3) is 1.00. The highest BCUT2D eigenvalue weighted by molar-refractivity contribution is 4.64. The maximum atomic E-state index is 5.10. The SMILES string of the molecule is CC.CN1CCN(C)CC1.CN1CCOCC1. The third-order valence-electron chi connectivity index (χ3n) is 2.96. The summed E-state index contributed by atoms with van der Waals surface area (Å²) >= 11 is 0. The first-order chi connectivity index (χ1) is 8.18. The van der Waals surface area contributed by atoms with E-state index >= 15 is 0 Å². The molecular weight excluding hydrogens is 214 g/mol. The number of morpholine rings is 1. The average molecular weight is 245 g/mol. The summed E-state index contributed by atoms with van der Waals surface area (Å²) in [7, 11) is 6.46. The maximum absolute atomic E-state index is 5.10. The number of likely N-dealkylation sites (N-methyl/N-ethyl adjacent to an activating group) is 3. The first-order valence-corrected chi connectivity index (χ1v) is 6.82. The number of hydrogen-bond donors (Lipinski definition) is 0. The van der Waals surface area contributed by atoms with E-state index in [2.05, 4.69) is 35.8 Å². The second kappa shape index (κ2) is 11.0. The number of rotatable bonds is 0. The molecule has 0 saturated carbocycles. The zero-order valence-electron chi connectivity index (χ0n) is 12.4. The van der Waals surface area contributed by atoms with E-state index in [0.717, 1.165) is 26.3 Å². The van der Waals surface area contributed by atoms with Gasteiger partial charge in [-0.2, -0.15) is 0 Å². The highest BCUT2D eigenvalue weighted by atomic mass is 16.5. The van der Waals surface area contributed by atoms with Gasteiger partial charge in [-0.25, -0.2) is 0 Å². The summed E-state index contributed by atoms with van der Waals surface area (Å²) in [6.07, 6.45) is 0. The zero-order chi connectivity index (χ0) is 13.1. The molecular formula is C13H31N3O. The highest BCUT2D eigenvalue weighted by Crippen LogP contribution is 1.93. The lowest BCUT2D eigenvalue weighted by atomic mass is 10.4. The molecule has 0 bridgehead atoms. The largest absolute Gasteiger partial charge is 0.379 e. The molecule has 2 rings (SSSR count). The summed E-state index contributed by atoms with van der Waals surface area (Å²) in [5, 5.41) is 0. The molecule has 4 nitrogen and oxygen atoms in total. The molecule has 0 aromatic carbocycles. The molecule has 0 unspecified atom stereocenters. The number of ether oxygens (including phenoxy) is 1. The molecule has 104 valence electrons. The molecule has 2 aliphatic heterocycles. The predicted molar refractivity (Wildman–Crippen MR) is 74.7 cm³/mol. The molecule has 0 radical (unpaired) electrons. The Morgan fingerprint density at radius 2 is 0.882 bits per heavy atom. The average Bonchev–Trinajstić information content (AvgIpc) is 2.37. The van der Waals surface area contributed by atoms with Crippen LogP contribution in [0.1, 0.15) is 13.8 Å². The van der Waals surface area contributed by atoms with Gasteiger partial charge in [-0.15, -0.1) is 0 Å². The van der Waals surface area contributed by atoms with E-state index in [9.17, 15) is 0 Å². The Labute approximate surface area is 108 Å². The van der Waals surface area contributed by atoms with Crippen LogP contribution in [0.3, 0.4) is 0 Å². The predicted octanol–water partition coefficient (Wildman–Crippen LogP) is 0.838.